The molecule has 0 fully saturated rings. The van der Waals surface area contributed by atoms with Gasteiger partial charge in [-0.3, -0.25) is 4.79 Å². The maximum Gasteiger partial charge on any atom is 0.307 e. The first-order chi connectivity index (χ1) is 6.80. The molecule has 0 spiro atoms. The molecule has 90 valence electrons. The van der Waals surface area contributed by atoms with Gasteiger partial charge in [-0.1, -0.05) is 6.07 Å². The van der Waals surface area contributed by atoms with Crippen LogP contribution < -0.4 is 11.3 Å². The lowest BCUT2D eigenvalue weighted by molar-refractivity contribution is -0.136. The molecule has 6 nitrogen and oxygen atoms in total. The predicted molar refractivity (Wildman–Crippen MR) is 58.9 cm³/mol. The van der Waals surface area contributed by atoms with Crippen LogP contribution in [0.5, 0.6) is 0 Å². The van der Waals surface area contributed by atoms with Crippen LogP contribution in [0, 0.1) is 6.92 Å². The van der Waals surface area contributed by atoms with Crippen molar-refractivity contribution in [1.29, 1.82) is 0 Å². The predicted octanol–water partition coefficient (Wildman–Crippen LogP) is 0.432. The van der Waals surface area contributed by atoms with E-state index >= 15 is 0 Å². The molecule has 7 heteroatoms. The fraction of sp³-hybridized carbons (Fsp3) is 0.222. The number of aliphatic carboxylic acids is 1. The minimum atomic E-state index is -3.77. The molecule has 0 aliphatic carbocycles. The fourth-order valence-electron chi connectivity index (χ4n) is 1.18. The zero-order valence-electron chi connectivity index (χ0n) is 8.80. The van der Waals surface area contributed by atoms with Crippen LogP contribution in [0.2, 0.25) is 0 Å². The molecule has 0 amide bonds. The summed E-state index contributed by atoms with van der Waals surface area (Å²) in [6, 6.07) is 4.19. The van der Waals surface area contributed by atoms with Crippen molar-refractivity contribution in [2.24, 2.45) is 5.14 Å². The Morgan fingerprint density at radius 3 is 2.44 bits per heavy atom. The van der Waals surface area contributed by atoms with E-state index in [9.17, 15) is 13.2 Å². The van der Waals surface area contributed by atoms with Gasteiger partial charge in [0, 0.05) is 0 Å². The normalized spacial score (nSPS) is 10.6. The van der Waals surface area contributed by atoms with E-state index in [2.05, 4.69) is 0 Å². The SMILES string of the molecule is Cc1ccc(S(N)(=O)=O)cc1CC(=O)O.N. The number of hydrogen-bond donors (Lipinski definition) is 3. The molecule has 0 saturated heterocycles. The van der Waals surface area contributed by atoms with Crippen molar-refractivity contribution in [3.63, 3.8) is 0 Å². The van der Waals surface area contributed by atoms with Gasteiger partial charge in [0.2, 0.25) is 10.0 Å². The van der Waals surface area contributed by atoms with Crippen molar-refractivity contribution in [1.82, 2.24) is 6.15 Å². The lowest BCUT2D eigenvalue weighted by atomic mass is 10.1. The second-order valence-electron chi connectivity index (χ2n) is 3.20. The van der Waals surface area contributed by atoms with Gasteiger partial charge in [-0.15, -0.1) is 0 Å². The first kappa shape index (κ1) is 14.6. The first-order valence-corrected chi connectivity index (χ1v) is 5.69. The monoisotopic (exact) mass is 246 g/mol. The van der Waals surface area contributed by atoms with Gasteiger partial charge in [0.1, 0.15) is 0 Å². The van der Waals surface area contributed by atoms with Gasteiger partial charge < -0.3 is 11.3 Å². The highest BCUT2D eigenvalue weighted by atomic mass is 32.2. The molecule has 0 aromatic heterocycles. The van der Waals surface area contributed by atoms with Crippen LogP contribution in [0.1, 0.15) is 11.1 Å². The second-order valence-corrected chi connectivity index (χ2v) is 4.77. The van der Waals surface area contributed by atoms with Crippen LogP contribution in [0.15, 0.2) is 23.1 Å². The maximum absolute atomic E-state index is 11.0. The van der Waals surface area contributed by atoms with Crippen LogP contribution in [-0.4, -0.2) is 19.5 Å². The molecule has 16 heavy (non-hydrogen) atoms. The zero-order valence-corrected chi connectivity index (χ0v) is 9.62. The molecular formula is C9H14N2O4S. The quantitative estimate of drug-likeness (QED) is 0.711. The lowest BCUT2D eigenvalue weighted by Gasteiger charge is -2.05. The Balaban J connectivity index is 0.00000225. The van der Waals surface area contributed by atoms with E-state index < -0.39 is 16.0 Å². The van der Waals surface area contributed by atoms with E-state index in [-0.39, 0.29) is 17.5 Å². The number of aryl methyl sites for hydroxylation is 1. The standard InChI is InChI=1S/C9H11NO4S.H3N/c1-6-2-3-8(15(10,13)14)4-7(6)5-9(11)12;/h2-4H,5H2,1H3,(H,11,12)(H2,10,13,14);1H3. The number of carboxylic acid groups (broad SMARTS) is 1. The molecule has 1 aromatic carbocycles. The summed E-state index contributed by atoms with van der Waals surface area (Å²) in [5.74, 6) is -1.01. The molecule has 0 bridgehead atoms. The van der Waals surface area contributed by atoms with Crippen LogP contribution in [0.4, 0.5) is 0 Å². The van der Waals surface area contributed by atoms with Crippen LogP contribution in [0.25, 0.3) is 0 Å². The Bertz CT molecular complexity index is 496. The van der Waals surface area contributed by atoms with E-state index in [1.165, 1.54) is 18.2 Å². The van der Waals surface area contributed by atoms with E-state index in [4.69, 9.17) is 10.2 Å². The molecule has 0 heterocycles. The number of primary sulfonamides is 1. The fourth-order valence-corrected chi connectivity index (χ4v) is 1.74. The van der Waals surface area contributed by atoms with Crippen molar-refractivity contribution < 1.29 is 18.3 Å². The highest BCUT2D eigenvalue weighted by Gasteiger charge is 2.11. The summed E-state index contributed by atoms with van der Waals surface area (Å²) in [6.07, 6.45) is -0.213. The number of hydrogen-bond acceptors (Lipinski definition) is 4. The number of carboxylic acids is 1. The Kier molecular flexibility index (Phi) is 4.61. The molecule has 1 rings (SSSR count). The highest BCUT2D eigenvalue weighted by Crippen LogP contribution is 2.14. The number of sulfonamides is 1. The average molecular weight is 246 g/mol. The van der Waals surface area contributed by atoms with E-state index in [0.717, 1.165) is 5.56 Å². The second kappa shape index (κ2) is 5.06. The third kappa shape index (κ3) is 3.61. The van der Waals surface area contributed by atoms with E-state index in [1.807, 2.05) is 0 Å². The number of benzene rings is 1. The third-order valence-corrected chi connectivity index (χ3v) is 2.90. The zero-order chi connectivity index (χ0) is 11.6. The largest absolute Gasteiger partial charge is 0.481 e. The van der Waals surface area contributed by atoms with Crippen molar-refractivity contribution in [3.05, 3.63) is 29.3 Å². The van der Waals surface area contributed by atoms with E-state index in [1.54, 1.807) is 6.92 Å². The molecule has 0 atom stereocenters. The van der Waals surface area contributed by atoms with Crippen LogP contribution >= 0.6 is 0 Å². The highest BCUT2D eigenvalue weighted by molar-refractivity contribution is 7.89. The molecule has 1 aromatic rings. The van der Waals surface area contributed by atoms with Crippen molar-refractivity contribution in [2.75, 3.05) is 0 Å². The Morgan fingerprint density at radius 1 is 1.44 bits per heavy atom. The minimum absolute atomic E-state index is 0. The summed E-state index contributed by atoms with van der Waals surface area (Å²) in [5, 5.41) is 13.5. The summed E-state index contributed by atoms with van der Waals surface area (Å²) in [5.41, 5.74) is 1.18. The summed E-state index contributed by atoms with van der Waals surface area (Å²) < 4.78 is 22.0. The maximum atomic E-state index is 11.0. The average Bonchev–Trinajstić information content (AvgIpc) is 2.06. The molecule has 0 aliphatic rings. The number of nitrogens with two attached hydrogens (primary N) is 1. The molecule has 0 unspecified atom stereocenters. The van der Waals surface area contributed by atoms with E-state index in [0.29, 0.717) is 5.56 Å². The van der Waals surface area contributed by atoms with Gasteiger partial charge in [-0.05, 0) is 30.2 Å². The minimum Gasteiger partial charge on any atom is -0.481 e. The van der Waals surface area contributed by atoms with Gasteiger partial charge >= 0.3 is 5.97 Å². The molecule has 0 aliphatic heterocycles. The van der Waals surface area contributed by atoms with Gasteiger partial charge in [0.15, 0.2) is 0 Å². The Hall–Kier alpha value is -1.44. The third-order valence-electron chi connectivity index (χ3n) is 1.99. The van der Waals surface area contributed by atoms with Gasteiger partial charge in [0.05, 0.1) is 11.3 Å². The van der Waals surface area contributed by atoms with Gasteiger partial charge in [-0.2, -0.15) is 0 Å². The molecule has 0 saturated carbocycles. The smallest absolute Gasteiger partial charge is 0.307 e. The molecular weight excluding hydrogens is 232 g/mol. The van der Waals surface area contributed by atoms with Crippen molar-refractivity contribution >= 4 is 16.0 Å². The molecule has 6 N–H and O–H groups in total. The summed E-state index contributed by atoms with van der Waals surface area (Å²) in [7, 11) is -3.77. The summed E-state index contributed by atoms with van der Waals surface area (Å²) >= 11 is 0. The first-order valence-electron chi connectivity index (χ1n) is 4.15. The summed E-state index contributed by atoms with van der Waals surface area (Å²) in [6.45, 7) is 1.71. The topological polar surface area (TPSA) is 132 Å². The van der Waals surface area contributed by atoms with Gasteiger partial charge in [0.25, 0.3) is 0 Å². The van der Waals surface area contributed by atoms with Gasteiger partial charge in [-0.25, -0.2) is 13.6 Å². The van der Waals surface area contributed by atoms with Crippen molar-refractivity contribution in [3.8, 4) is 0 Å². The summed E-state index contributed by atoms with van der Waals surface area (Å²) in [4.78, 5) is 10.4. The lowest BCUT2D eigenvalue weighted by Crippen LogP contribution is -2.13. The Morgan fingerprint density at radius 2 is 2.00 bits per heavy atom. The number of rotatable bonds is 3. The van der Waals surface area contributed by atoms with Crippen LogP contribution in [-0.2, 0) is 21.2 Å². The molecule has 0 radical (unpaired) electrons. The Labute approximate surface area is 93.7 Å². The number of carbonyl (C=O) groups is 1. The van der Waals surface area contributed by atoms with Crippen LogP contribution in [0.3, 0.4) is 0 Å². The van der Waals surface area contributed by atoms with Crippen molar-refractivity contribution in [2.45, 2.75) is 18.2 Å².